The Balaban J connectivity index is 2.04. The van der Waals surface area contributed by atoms with Crippen molar-refractivity contribution in [3.8, 4) is 0 Å². The molecule has 3 nitrogen and oxygen atoms in total. The van der Waals surface area contributed by atoms with Crippen LogP contribution in [0.15, 0.2) is 24.3 Å². The average Bonchev–Trinajstić information content (AvgIpc) is 2.46. The Bertz CT molecular complexity index is 430. The Kier molecular flexibility index (Phi) is 5.63. The van der Waals surface area contributed by atoms with Gasteiger partial charge in [-0.3, -0.25) is 4.79 Å². The Morgan fingerprint density at radius 1 is 1.37 bits per heavy atom. The molecule has 1 N–H and O–H groups in total. The van der Waals surface area contributed by atoms with Gasteiger partial charge < -0.3 is 10.2 Å². The number of benzene rings is 1. The summed E-state index contributed by atoms with van der Waals surface area (Å²) in [6, 6.07) is 7.83. The van der Waals surface area contributed by atoms with E-state index in [4.69, 9.17) is 0 Å². The summed E-state index contributed by atoms with van der Waals surface area (Å²) >= 11 is 2.24. The predicted molar refractivity (Wildman–Crippen MR) is 86.3 cm³/mol. The third-order valence-corrected chi connectivity index (χ3v) is 4.65. The Hall–Kier alpha value is -0.620. The maximum absolute atomic E-state index is 12.6. The third-order valence-electron chi connectivity index (χ3n) is 3.71. The number of hydrogen-bond acceptors (Lipinski definition) is 2. The van der Waals surface area contributed by atoms with Gasteiger partial charge in [-0.2, -0.15) is 0 Å². The van der Waals surface area contributed by atoms with Crippen LogP contribution >= 0.6 is 22.6 Å². The van der Waals surface area contributed by atoms with Gasteiger partial charge in [0.25, 0.3) is 5.91 Å². The third kappa shape index (κ3) is 3.92. The summed E-state index contributed by atoms with van der Waals surface area (Å²) in [5, 5.41) is 3.37. The average molecular weight is 372 g/mol. The van der Waals surface area contributed by atoms with E-state index in [0.29, 0.717) is 5.92 Å². The first kappa shape index (κ1) is 14.8. The van der Waals surface area contributed by atoms with Crippen LogP contribution < -0.4 is 5.32 Å². The summed E-state index contributed by atoms with van der Waals surface area (Å²) < 4.78 is 1.04. The normalized spacial score (nSPS) is 16.3. The van der Waals surface area contributed by atoms with E-state index >= 15 is 0 Å². The SMILES string of the molecule is CCN(CC1CCNCC1)C(=O)c1ccccc1I. The lowest BCUT2D eigenvalue weighted by Crippen LogP contribution is -2.39. The first-order chi connectivity index (χ1) is 9.22. The van der Waals surface area contributed by atoms with Gasteiger partial charge in [0, 0.05) is 16.7 Å². The van der Waals surface area contributed by atoms with Gasteiger partial charge in [0.2, 0.25) is 0 Å². The number of amides is 1. The van der Waals surface area contributed by atoms with E-state index in [1.165, 1.54) is 12.8 Å². The van der Waals surface area contributed by atoms with Gasteiger partial charge in [-0.05, 0) is 73.5 Å². The number of carbonyl (C=O) groups is 1. The minimum atomic E-state index is 0.172. The molecular weight excluding hydrogens is 351 g/mol. The number of piperidine rings is 1. The minimum Gasteiger partial charge on any atom is -0.339 e. The molecule has 0 saturated carbocycles. The van der Waals surface area contributed by atoms with Gasteiger partial charge in [0.15, 0.2) is 0 Å². The number of nitrogens with one attached hydrogen (secondary N) is 1. The topological polar surface area (TPSA) is 32.3 Å². The van der Waals surface area contributed by atoms with Gasteiger partial charge in [-0.1, -0.05) is 12.1 Å². The minimum absolute atomic E-state index is 0.172. The van der Waals surface area contributed by atoms with Crippen molar-refractivity contribution in [2.75, 3.05) is 26.2 Å². The molecule has 1 aliphatic heterocycles. The van der Waals surface area contributed by atoms with E-state index in [1.807, 2.05) is 29.2 Å². The Morgan fingerprint density at radius 3 is 2.68 bits per heavy atom. The highest BCUT2D eigenvalue weighted by atomic mass is 127. The molecule has 0 radical (unpaired) electrons. The number of hydrogen-bond donors (Lipinski definition) is 1. The van der Waals surface area contributed by atoms with E-state index in [-0.39, 0.29) is 5.91 Å². The van der Waals surface area contributed by atoms with Crippen molar-refractivity contribution < 1.29 is 4.79 Å². The molecule has 104 valence electrons. The van der Waals surface area contributed by atoms with Crippen LogP contribution in [0.25, 0.3) is 0 Å². The smallest absolute Gasteiger partial charge is 0.254 e. The molecule has 1 heterocycles. The van der Waals surface area contributed by atoms with Crippen LogP contribution in [0.5, 0.6) is 0 Å². The zero-order chi connectivity index (χ0) is 13.7. The number of nitrogens with zero attached hydrogens (tertiary/aromatic N) is 1. The van der Waals surface area contributed by atoms with Gasteiger partial charge in [0.05, 0.1) is 5.56 Å². The molecule has 19 heavy (non-hydrogen) atoms. The molecule has 1 aliphatic rings. The molecular formula is C15H21IN2O. The van der Waals surface area contributed by atoms with Crippen LogP contribution in [0, 0.1) is 9.49 Å². The molecule has 0 bridgehead atoms. The summed E-state index contributed by atoms with van der Waals surface area (Å²) in [7, 11) is 0. The standard InChI is InChI=1S/C15H21IN2O/c1-2-18(11-12-7-9-17-10-8-12)15(19)13-5-3-4-6-14(13)16/h3-6,12,17H,2,7-11H2,1H3. The molecule has 0 aromatic heterocycles. The van der Waals surface area contributed by atoms with E-state index in [0.717, 1.165) is 35.3 Å². The Morgan fingerprint density at radius 2 is 2.05 bits per heavy atom. The summed E-state index contributed by atoms with van der Waals surface area (Å²) in [5.41, 5.74) is 0.832. The van der Waals surface area contributed by atoms with Crippen LogP contribution in [0.1, 0.15) is 30.1 Å². The highest BCUT2D eigenvalue weighted by Crippen LogP contribution is 2.18. The maximum Gasteiger partial charge on any atom is 0.254 e. The van der Waals surface area contributed by atoms with E-state index in [9.17, 15) is 4.79 Å². The number of halogens is 1. The van der Waals surface area contributed by atoms with Crippen molar-refractivity contribution in [1.82, 2.24) is 10.2 Å². The zero-order valence-electron chi connectivity index (χ0n) is 11.4. The summed E-state index contributed by atoms with van der Waals surface area (Å²) in [6.07, 6.45) is 2.35. The quantitative estimate of drug-likeness (QED) is 0.825. The molecule has 4 heteroatoms. The fourth-order valence-corrected chi connectivity index (χ4v) is 3.15. The molecule has 0 unspecified atom stereocenters. The molecule has 0 aliphatic carbocycles. The summed E-state index contributed by atoms with van der Waals surface area (Å²) in [5.74, 6) is 0.817. The molecule has 1 fully saturated rings. The zero-order valence-corrected chi connectivity index (χ0v) is 13.5. The van der Waals surface area contributed by atoms with Crippen molar-refractivity contribution in [3.05, 3.63) is 33.4 Å². The monoisotopic (exact) mass is 372 g/mol. The van der Waals surface area contributed by atoms with Crippen molar-refractivity contribution in [1.29, 1.82) is 0 Å². The first-order valence-corrected chi connectivity index (χ1v) is 8.04. The van der Waals surface area contributed by atoms with Gasteiger partial charge in [-0.25, -0.2) is 0 Å². The highest BCUT2D eigenvalue weighted by Gasteiger charge is 2.21. The molecule has 2 rings (SSSR count). The molecule has 1 amide bonds. The largest absolute Gasteiger partial charge is 0.339 e. The van der Waals surface area contributed by atoms with Gasteiger partial charge >= 0.3 is 0 Å². The van der Waals surface area contributed by atoms with Crippen LogP contribution in [-0.2, 0) is 0 Å². The lowest BCUT2D eigenvalue weighted by molar-refractivity contribution is 0.0725. The fraction of sp³-hybridized carbons (Fsp3) is 0.533. The van der Waals surface area contributed by atoms with Gasteiger partial charge in [0.1, 0.15) is 0 Å². The second-order valence-corrected chi connectivity index (χ2v) is 6.18. The molecule has 1 saturated heterocycles. The van der Waals surface area contributed by atoms with Crippen molar-refractivity contribution >= 4 is 28.5 Å². The molecule has 0 atom stereocenters. The molecule has 0 spiro atoms. The second kappa shape index (κ2) is 7.24. The lowest BCUT2D eigenvalue weighted by Gasteiger charge is -2.29. The fourth-order valence-electron chi connectivity index (χ4n) is 2.54. The second-order valence-electron chi connectivity index (χ2n) is 5.02. The Labute approximate surface area is 128 Å². The molecule has 1 aromatic rings. The van der Waals surface area contributed by atoms with Crippen LogP contribution in [0.3, 0.4) is 0 Å². The first-order valence-electron chi connectivity index (χ1n) is 6.97. The van der Waals surface area contributed by atoms with E-state index < -0.39 is 0 Å². The summed E-state index contributed by atoms with van der Waals surface area (Å²) in [6.45, 7) is 5.91. The highest BCUT2D eigenvalue weighted by molar-refractivity contribution is 14.1. The van der Waals surface area contributed by atoms with Crippen molar-refractivity contribution in [2.45, 2.75) is 19.8 Å². The van der Waals surface area contributed by atoms with Gasteiger partial charge in [-0.15, -0.1) is 0 Å². The summed E-state index contributed by atoms with van der Waals surface area (Å²) in [4.78, 5) is 14.6. The number of carbonyl (C=O) groups excluding carboxylic acids is 1. The van der Waals surface area contributed by atoms with Crippen LogP contribution in [0.2, 0.25) is 0 Å². The molecule has 1 aromatic carbocycles. The van der Waals surface area contributed by atoms with Crippen molar-refractivity contribution in [2.24, 2.45) is 5.92 Å². The predicted octanol–water partition coefficient (Wildman–Crippen LogP) is 2.75. The van der Waals surface area contributed by atoms with Crippen molar-refractivity contribution in [3.63, 3.8) is 0 Å². The van der Waals surface area contributed by atoms with Crippen LogP contribution in [0.4, 0.5) is 0 Å². The lowest BCUT2D eigenvalue weighted by atomic mass is 9.97. The van der Waals surface area contributed by atoms with E-state index in [2.05, 4.69) is 34.8 Å². The van der Waals surface area contributed by atoms with Crippen LogP contribution in [-0.4, -0.2) is 37.0 Å². The maximum atomic E-state index is 12.6. The van der Waals surface area contributed by atoms with E-state index in [1.54, 1.807) is 0 Å². The number of rotatable bonds is 4.